The zero-order valence-electron chi connectivity index (χ0n) is 17.4. The van der Waals surface area contributed by atoms with Crippen LogP contribution in [0.5, 0.6) is 0 Å². The fraction of sp³-hybridized carbons (Fsp3) is 0.292. The van der Waals surface area contributed by atoms with Crippen LogP contribution < -0.4 is 0 Å². The zero-order valence-corrected chi connectivity index (χ0v) is 17.4. The first-order chi connectivity index (χ1) is 14.8. The van der Waals surface area contributed by atoms with Crippen molar-refractivity contribution in [2.24, 2.45) is 0 Å². The molecule has 0 saturated carbocycles. The quantitative estimate of drug-likeness (QED) is 0.509. The predicted molar refractivity (Wildman–Crippen MR) is 114 cm³/mol. The fourth-order valence-electron chi connectivity index (χ4n) is 3.19. The fourth-order valence-corrected chi connectivity index (χ4v) is 3.19. The summed E-state index contributed by atoms with van der Waals surface area (Å²) in [6, 6.07) is 14.1. The molecule has 3 rings (SSSR count). The minimum absolute atomic E-state index is 0.214. The number of benzene rings is 2. The minimum atomic E-state index is -3.08. The van der Waals surface area contributed by atoms with Gasteiger partial charge in [0.1, 0.15) is 5.82 Å². The van der Waals surface area contributed by atoms with Gasteiger partial charge in [-0.15, -0.1) is 11.0 Å². The summed E-state index contributed by atoms with van der Waals surface area (Å²) in [5.41, 5.74) is 2.72. The maximum atomic E-state index is 14.3. The van der Waals surface area contributed by atoms with Gasteiger partial charge < -0.3 is 5.11 Å². The van der Waals surface area contributed by atoms with Crippen LogP contribution in [0.4, 0.5) is 8.78 Å². The van der Waals surface area contributed by atoms with Gasteiger partial charge in [0.2, 0.25) is 5.82 Å². The molecule has 0 radical (unpaired) electrons. The highest BCUT2D eigenvalue weighted by Crippen LogP contribution is 2.30. The lowest BCUT2D eigenvalue weighted by Crippen LogP contribution is -2.15. The summed E-state index contributed by atoms with van der Waals surface area (Å²) in [5.74, 6) is 1.50. The summed E-state index contributed by atoms with van der Waals surface area (Å²) in [7, 11) is 0. The Kier molecular flexibility index (Phi) is 6.81. The van der Waals surface area contributed by atoms with Crippen LogP contribution >= 0.6 is 0 Å². The molecule has 5 nitrogen and oxygen atoms in total. The Balaban J connectivity index is 1.86. The molecule has 7 heteroatoms. The highest BCUT2D eigenvalue weighted by atomic mass is 19.3. The molecule has 0 saturated heterocycles. The van der Waals surface area contributed by atoms with Gasteiger partial charge >= 0.3 is 11.9 Å². The van der Waals surface area contributed by atoms with E-state index in [0.29, 0.717) is 12.2 Å². The molecule has 0 bridgehead atoms. The first kappa shape index (κ1) is 22.2. The van der Waals surface area contributed by atoms with E-state index in [1.54, 1.807) is 26.0 Å². The van der Waals surface area contributed by atoms with Gasteiger partial charge in [0.15, 0.2) is 0 Å². The molecule has 0 unspecified atom stereocenters. The average molecular weight is 423 g/mol. The number of alkyl halides is 2. The molecule has 2 aromatic carbocycles. The number of carboxylic acid groups (broad SMARTS) is 1. The SMILES string of the molecule is CC#CCc1nc(C(F)(F)CCC)nn1Cc1ccc(-c2cccc(C(=O)O)c2)cc1. The van der Waals surface area contributed by atoms with Gasteiger partial charge in [-0.05, 0) is 42.2 Å². The Morgan fingerprint density at radius 1 is 1.16 bits per heavy atom. The molecule has 1 aromatic heterocycles. The lowest BCUT2D eigenvalue weighted by atomic mass is 10.0. The second-order valence-corrected chi connectivity index (χ2v) is 7.15. The van der Waals surface area contributed by atoms with Crippen molar-refractivity contribution in [1.29, 1.82) is 0 Å². The molecule has 0 spiro atoms. The Morgan fingerprint density at radius 3 is 2.55 bits per heavy atom. The van der Waals surface area contributed by atoms with Gasteiger partial charge in [0.05, 0.1) is 18.5 Å². The molecule has 0 aliphatic rings. The highest BCUT2D eigenvalue weighted by molar-refractivity contribution is 5.89. The molecule has 3 aromatic rings. The molecule has 0 aliphatic heterocycles. The van der Waals surface area contributed by atoms with Crippen molar-refractivity contribution in [2.75, 3.05) is 0 Å². The Bertz CT molecular complexity index is 1130. The van der Waals surface area contributed by atoms with E-state index in [9.17, 15) is 13.6 Å². The highest BCUT2D eigenvalue weighted by Gasteiger charge is 2.36. The molecule has 1 heterocycles. The van der Waals surface area contributed by atoms with Crippen LogP contribution in [-0.4, -0.2) is 25.8 Å². The molecule has 0 atom stereocenters. The summed E-state index contributed by atoms with van der Waals surface area (Å²) in [6.45, 7) is 3.67. The lowest BCUT2D eigenvalue weighted by molar-refractivity contribution is -0.0232. The molecule has 0 aliphatic carbocycles. The predicted octanol–water partition coefficient (Wildman–Crippen LogP) is 5.15. The normalized spacial score (nSPS) is 11.1. The molecular weight excluding hydrogens is 400 g/mol. The summed E-state index contributed by atoms with van der Waals surface area (Å²) < 4.78 is 30.1. The van der Waals surface area contributed by atoms with E-state index in [1.807, 2.05) is 30.3 Å². The Hall–Kier alpha value is -3.53. The van der Waals surface area contributed by atoms with Crippen molar-refractivity contribution in [2.45, 2.75) is 45.6 Å². The third kappa shape index (κ3) is 5.34. The maximum Gasteiger partial charge on any atom is 0.335 e. The summed E-state index contributed by atoms with van der Waals surface area (Å²) in [6.07, 6.45) is 0.266. The van der Waals surface area contributed by atoms with Crippen molar-refractivity contribution in [1.82, 2.24) is 14.8 Å². The van der Waals surface area contributed by atoms with E-state index in [-0.39, 0.29) is 24.9 Å². The zero-order chi connectivity index (χ0) is 22.4. The van der Waals surface area contributed by atoms with Gasteiger partial charge in [-0.3, -0.25) is 0 Å². The molecule has 31 heavy (non-hydrogen) atoms. The van der Waals surface area contributed by atoms with Gasteiger partial charge in [0, 0.05) is 6.42 Å². The van der Waals surface area contributed by atoms with Crippen molar-refractivity contribution in [3.8, 4) is 23.0 Å². The van der Waals surface area contributed by atoms with Gasteiger partial charge in [-0.25, -0.2) is 14.5 Å². The van der Waals surface area contributed by atoms with Crippen LogP contribution in [0.3, 0.4) is 0 Å². The number of aromatic carboxylic acids is 1. The van der Waals surface area contributed by atoms with Crippen LogP contribution in [0, 0.1) is 11.8 Å². The monoisotopic (exact) mass is 423 g/mol. The largest absolute Gasteiger partial charge is 0.478 e. The third-order valence-electron chi connectivity index (χ3n) is 4.79. The van der Waals surface area contributed by atoms with Crippen LogP contribution in [0.15, 0.2) is 48.5 Å². The molecular formula is C24H23F2N3O2. The van der Waals surface area contributed by atoms with E-state index in [0.717, 1.165) is 16.7 Å². The number of aromatic nitrogens is 3. The van der Waals surface area contributed by atoms with E-state index in [2.05, 4.69) is 21.9 Å². The first-order valence-corrected chi connectivity index (χ1v) is 9.98. The standard InChI is InChI=1S/C24H23F2N3O2/c1-3-5-9-21-27-23(24(25,26)14-4-2)28-29(21)16-17-10-12-18(13-11-17)19-7-6-8-20(15-19)22(30)31/h6-8,10-13,15H,4,9,14,16H2,1-2H3,(H,30,31). The number of halogens is 2. The third-order valence-corrected chi connectivity index (χ3v) is 4.79. The van der Waals surface area contributed by atoms with Crippen LogP contribution in [-0.2, 0) is 18.9 Å². The van der Waals surface area contributed by atoms with Crippen molar-refractivity contribution < 1.29 is 18.7 Å². The van der Waals surface area contributed by atoms with E-state index in [4.69, 9.17) is 5.11 Å². The van der Waals surface area contributed by atoms with E-state index in [1.165, 1.54) is 10.7 Å². The second-order valence-electron chi connectivity index (χ2n) is 7.15. The molecule has 0 fully saturated rings. The minimum Gasteiger partial charge on any atom is -0.478 e. The van der Waals surface area contributed by atoms with Crippen LogP contribution in [0.1, 0.15) is 54.3 Å². The van der Waals surface area contributed by atoms with Gasteiger partial charge in [0.25, 0.3) is 0 Å². The molecule has 0 amide bonds. The summed E-state index contributed by atoms with van der Waals surface area (Å²) in [5, 5.41) is 13.2. The summed E-state index contributed by atoms with van der Waals surface area (Å²) >= 11 is 0. The number of nitrogens with zero attached hydrogens (tertiary/aromatic N) is 3. The Labute approximate surface area is 179 Å². The van der Waals surface area contributed by atoms with E-state index < -0.39 is 17.7 Å². The van der Waals surface area contributed by atoms with Gasteiger partial charge in [-0.2, -0.15) is 8.78 Å². The van der Waals surface area contributed by atoms with E-state index >= 15 is 0 Å². The number of hydrogen-bond donors (Lipinski definition) is 1. The number of hydrogen-bond acceptors (Lipinski definition) is 3. The van der Waals surface area contributed by atoms with Crippen LogP contribution in [0.25, 0.3) is 11.1 Å². The van der Waals surface area contributed by atoms with Crippen LogP contribution in [0.2, 0.25) is 0 Å². The smallest absolute Gasteiger partial charge is 0.335 e. The maximum absolute atomic E-state index is 14.3. The van der Waals surface area contributed by atoms with Gasteiger partial charge in [-0.1, -0.05) is 49.2 Å². The topological polar surface area (TPSA) is 68.0 Å². The number of carbonyl (C=O) groups is 1. The average Bonchev–Trinajstić information content (AvgIpc) is 3.16. The van der Waals surface area contributed by atoms with Crippen molar-refractivity contribution in [3.63, 3.8) is 0 Å². The van der Waals surface area contributed by atoms with Crippen molar-refractivity contribution in [3.05, 3.63) is 71.3 Å². The molecule has 1 N–H and O–H groups in total. The van der Waals surface area contributed by atoms with Crippen molar-refractivity contribution >= 4 is 5.97 Å². The lowest BCUT2D eigenvalue weighted by Gasteiger charge is -2.10. The number of rotatable bonds is 8. The Morgan fingerprint density at radius 2 is 1.90 bits per heavy atom. The summed E-state index contributed by atoms with van der Waals surface area (Å²) in [4.78, 5) is 15.3. The molecule has 160 valence electrons. The second kappa shape index (κ2) is 9.52. The first-order valence-electron chi connectivity index (χ1n) is 9.98. The number of carboxylic acids is 1.